The number of ether oxygens (including phenoxy) is 1. The fourth-order valence-electron chi connectivity index (χ4n) is 2.72. The lowest BCUT2D eigenvalue weighted by molar-refractivity contribution is -0.135. The van der Waals surface area contributed by atoms with Gasteiger partial charge >= 0.3 is 17.6 Å². The predicted molar refractivity (Wildman–Crippen MR) is 123 cm³/mol. The van der Waals surface area contributed by atoms with E-state index >= 15 is 0 Å². The number of aryl methyl sites for hydroxylation is 2. The van der Waals surface area contributed by atoms with Gasteiger partial charge in [0.15, 0.2) is 0 Å². The van der Waals surface area contributed by atoms with Crippen molar-refractivity contribution >= 4 is 29.8 Å². The molecule has 180 valence electrons. The first-order chi connectivity index (χ1) is 15.4. The van der Waals surface area contributed by atoms with Crippen LogP contribution in [0.2, 0.25) is 0 Å². The van der Waals surface area contributed by atoms with E-state index in [9.17, 15) is 22.4 Å². The Labute approximate surface area is 195 Å². The highest BCUT2D eigenvalue weighted by Gasteiger charge is 2.42. The molecule has 1 atom stereocenters. The summed E-state index contributed by atoms with van der Waals surface area (Å²) in [5.74, 6) is -0.355. The third-order valence-corrected chi connectivity index (χ3v) is 5.70. The molecule has 0 fully saturated rings. The van der Waals surface area contributed by atoms with Crippen LogP contribution in [0.15, 0.2) is 46.3 Å². The van der Waals surface area contributed by atoms with E-state index in [4.69, 9.17) is 10.5 Å². The molecule has 10 heteroatoms. The first-order valence-corrected chi connectivity index (χ1v) is 11.0. The van der Waals surface area contributed by atoms with Gasteiger partial charge in [0.05, 0.1) is 12.0 Å². The van der Waals surface area contributed by atoms with Crippen LogP contribution in [0.25, 0.3) is 0 Å². The third kappa shape index (κ3) is 7.75. The molecule has 0 unspecified atom stereocenters. The van der Waals surface area contributed by atoms with Crippen LogP contribution in [0.5, 0.6) is 5.75 Å². The van der Waals surface area contributed by atoms with Crippen molar-refractivity contribution in [3.8, 4) is 5.75 Å². The van der Waals surface area contributed by atoms with E-state index in [0.717, 1.165) is 17.8 Å². The van der Waals surface area contributed by atoms with Gasteiger partial charge in [0.2, 0.25) is 0 Å². The number of carbonyl (C=O) groups excluding carboxylic acids is 1. The van der Waals surface area contributed by atoms with Gasteiger partial charge in [0, 0.05) is 18.5 Å². The Bertz CT molecular complexity index is 1000. The van der Waals surface area contributed by atoms with E-state index in [1.165, 1.54) is 18.2 Å². The average Bonchev–Trinajstić information content (AvgIpc) is 2.74. The van der Waals surface area contributed by atoms with Gasteiger partial charge in [-0.2, -0.15) is 8.78 Å². The molecule has 33 heavy (non-hydrogen) atoms. The zero-order chi connectivity index (χ0) is 24.8. The molecule has 0 spiro atoms. The summed E-state index contributed by atoms with van der Waals surface area (Å²) in [6, 6.07) is 8.05. The number of thioether (sulfide) groups is 1. The summed E-state index contributed by atoms with van der Waals surface area (Å²) in [6.45, 7) is 6.43. The minimum Gasteiger partial charge on any atom is -0.425 e. The van der Waals surface area contributed by atoms with Crippen molar-refractivity contribution in [3.63, 3.8) is 0 Å². The summed E-state index contributed by atoms with van der Waals surface area (Å²) >= 11 is -0.237. The van der Waals surface area contributed by atoms with Crippen LogP contribution in [0.3, 0.4) is 0 Å². The Morgan fingerprint density at radius 3 is 2.58 bits per heavy atom. The number of esters is 1. The van der Waals surface area contributed by atoms with Crippen LogP contribution in [-0.2, 0) is 11.2 Å². The molecule has 0 heterocycles. The summed E-state index contributed by atoms with van der Waals surface area (Å²) in [6.07, 6.45) is -2.08. The van der Waals surface area contributed by atoms with E-state index in [1.54, 1.807) is 31.5 Å². The van der Waals surface area contributed by atoms with Crippen molar-refractivity contribution in [2.45, 2.75) is 49.8 Å². The maximum atomic E-state index is 13.3. The molecule has 0 amide bonds. The highest BCUT2D eigenvalue weighted by atomic mass is 32.2. The number of carbonyl (C=O) groups is 1. The highest BCUT2D eigenvalue weighted by Crippen LogP contribution is 2.40. The first-order valence-electron chi connectivity index (χ1n) is 10.2. The molecule has 0 aromatic heterocycles. The molecule has 0 aliphatic heterocycles. The van der Waals surface area contributed by atoms with Crippen molar-refractivity contribution in [3.05, 3.63) is 53.1 Å². The average molecular weight is 486 g/mol. The molecule has 0 bridgehead atoms. The van der Waals surface area contributed by atoms with Crippen molar-refractivity contribution < 1.29 is 27.1 Å². The smallest absolute Gasteiger partial charge is 0.357 e. The second kappa shape index (κ2) is 11.5. The molecular formula is C23H27F4N3O2S. The normalized spacial score (nSPS) is 12.9. The minimum absolute atomic E-state index is 0.00274. The third-order valence-electron chi connectivity index (χ3n) is 4.76. The lowest BCUT2D eigenvalue weighted by Crippen LogP contribution is -2.36. The molecule has 2 N–H and O–H groups in total. The van der Waals surface area contributed by atoms with Gasteiger partial charge in [0.25, 0.3) is 0 Å². The SMILES string of the molecule is CCN(C)C=Nc1cc(C)c(OC(=O)[C@@H](N)Cc2cccc(SC(F)(F)C(F)F)c2)cc1C. The van der Waals surface area contributed by atoms with Gasteiger partial charge in [-0.1, -0.05) is 12.1 Å². The van der Waals surface area contributed by atoms with Gasteiger partial charge in [-0.25, -0.2) is 18.6 Å². The molecule has 0 saturated carbocycles. The largest absolute Gasteiger partial charge is 0.425 e. The molecule has 2 aromatic carbocycles. The predicted octanol–water partition coefficient (Wildman–Crippen LogP) is 5.34. The lowest BCUT2D eigenvalue weighted by atomic mass is 10.1. The maximum absolute atomic E-state index is 13.3. The summed E-state index contributed by atoms with van der Waals surface area (Å²) in [5.41, 5.74) is 8.65. The highest BCUT2D eigenvalue weighted by molar-refractivity contribution is 8.00. The zero-order valence-corrected chi connectivity index (χ0v) is 19.6. The second-order valence-corrected chi connectivity index (χ2v) is 8.79. The fourth-order valence-corrected chi connectivity index (χ4v) is 3.49. The summed E-state index contributed by atoms with van der Waals surface area (Å²) < 4.78 is 56.9. The summed E-state index contributed by atoms with van der Waals surface area (Å²) in [4.78, 5) is 18.8. The Balaban J connectivity index is 2.07. The van der Waals surface area contributed by atoms with Crippen LogP contribution in [0, 0.1) is 13.8 Å². The van der Waals surface area contributed by atoms with Crippen molar-refractivity contribution in [2.24, 2.45) is 10.7 Å². The van der Waals surface area contributed by atoms with E-state index in [-0.39, 0.29) is 23.1 Å². The van der Waals surface area contributed by atoms with Gasteiger partial charge in [-0.05, 0) is 79.9 Å². The molecule has 0 aliphatic carbocycles. The van der Waals surface area contributed by atoms with Gasteiger partial charge in [-0.15, -0.1) is 0 Å². The first kappa shape index (κ1) is 26.7. The second-order valence-electron chi connectivity index (χ2n) is 7.57. The quantitative estimate of drug-likeness (QED) is 0.123. The minimum atomic E-state index is -4.21. The molecule has 2 rings (SSSR count). The van der Waals surface area contributed by atoms with E-state index in [1.807, 2.05) is 25.8 Å². The Hall–Kier alpha value is -2.59. The number of halogens is 4. The number of benzene rings is 2. The van der Waals surface area contributed by atoms with Gasteiger partial charge in [-0.3, -0.25) is 0 Å². The van der Waals surface area contributed by atoms with Crippen molar-refractivity contribution in [1.82, 2.24) is 4.90 Å². The van der Waals surface area contributed by atoms with Crippen LogP contribution in [-0.4, -0.2) is 48.5 Å². The van der Waals surface area contributed by atoms with Crippen LogP contribution >= 0.6 is 11.8 Å². The molecule has 0 saturated heterocycles. The topological polar surface area (TPSA) is 67.9 Å². The van der Waals surface area contributed by atoms with Crippen LogP contribution in [0.1, 0.15) is 23.6 Å². The van der Waals surface area contributed by atoms with Gasteiger partial charge < -0.3 is 15.4 Å². The fraction of sp³-hybridized carbons (Fsp3) is 0.391. The number of nitrogens with two attached hydrogens (primary N) is 1. The van der Waals surface area contributed by atoms with Crippen molar-refractivity contribution in [1.29, 1.82) is 0 Å². The van der Waals surface area contributed by atoms with Crippen molar-refractivity contribution in [2.75, 3.05) is 13.6 Å². The Morgan fingerprint density at radius 1 is 1.24 bits per heavy atom. The summed E-state index contributed by atoms with van der Waals surface area (Å²) in [5, 5.41) is -4.21. The summed E-state index contributed by atoms with van der Waals surface area (Å²) in [7, 11) is 1.90. The molecule has 5 nitrogen and oxygen atoms in total. The van der Waals surface area contributed by atoms with E-state index in [0.29, 0.717) is 16.9 Å². The molecule has 0 radical (unpaired) electrons. The number of alkyl halides is 4. The van der Waals surface area contributed by atoms with Gasteiger partial charge in [0.1, 0.15) is 11.8 Å². The lowest BCUT2D eigenvalue weighted by Gasteiger charge is -2.16. The monoisotopic (exact) mass is 485 g/mol. The van der Waals surface area contributed by atoms with Crippen LogP contribution in [0.4, 0.5) is 23.2 Å². The Kier molecular flexibility index (Phi) is 9.30. The molecule has 0 aliphatic rings. The number of hydrogen-bond acceptors (Lipinski definition) is 5. The number of rotatable bonds is 10. The van der Waals surface area contributed by atoms with E-state index in [2.05, 4.69) is 4.99 Å². The Morgan fingerprint density at radius 2 is 1.94 bits per heavy atom. The number of hydrogen-bond donors (Lipinski definition) is 1. The zero-order valence-electron chi connectivity index (χ0n) is 18.8. The number of nitrogens with zero attached hydrogens (tertiary/aromatic N) is 2. The standard InChI is InChI=1S/C23H27F4N3O2S/c1-5-30(4)13-29-19-9-15(3)20(10-14(19)2)32-21(31)18(28)12-16-7-6-8-17(11-16)33-23(26,27)22(24)25/h6-11,13,18,22H,5,12,28H2,1-4H3/t18-/m0/s1. The maximum Gasteiger partial charge on any atom is 0.357 e. The molecular weight excluding hydrogens is 458 g/mol. The van der Waals surface area contributed by atoms with Crippen LogP contribution < -0.4 is 10.5 Å². The molecule has 2 aromatic rings. The van der Waals surface area contributed by atoms with E-state index < -0.39 is 23.7 Å². The number of aliphatic imine (C=N–C) groups is 1.